The Labute approximate surface area is 159 Å². The summed E-state index contributed by atoms with van der Waals surface area (Å²) in [5.41, 5.74) is 2.20. The Morgan fingerprint density at radius 3 is 2.67 bits per heavy atom. The molecule has 3 heterocycles. The second-order valence-corrected chi connectivity index (χ2v) is 6.94. The molecule has 3 rings (SSSR count). The summed E-state index contributed by atoms with van der Waals surface area (Å²) in [6, 6.07) is 3.70. The van der Waals surface area contributed by atoms with Crippen LogP contribution in [0.2, 0.25) is 0 Å². The van der Waals surface area contributed by atoms with Crippen LogP contribution in [0, 0.1) is 0 Å². The Kier molecular flexibility index (Phi) is 6.18. The number of carbonyl (C=O) groups is 2. The summed E-state index contributed by atoms with van der Waals surface area (Å²) < 4.78 is 1.90. The second-order valence-electron chi connectivity index (χ2n) is 6.94. The lowest BCUT2D eigenvalue weighted by Crippen LogP contribution is -2.32. The van der Waals surface area contributed by atoms with Crippen molar-refractivity contribution < 1.29 is 9.59 Å². The summed E-state index contributed by atoms with van der Waals surface area (Å²) in [5.74, 6) is -0.158. The van der Waals surface area contributed by atoms with Crippen LogP contribution in [0.1, 0.15) is 45.2 Å². The highest BCUT2D eigenvalue weighted by Crippen LogP contribution is 2.21. The van der Waals surface area contributed by atoms with Gasteiger partial charge in [-0.1, -0.05) is 0 Å². The van der Waals surface area contributed by atoms with E-state index in [4.69, 9.17) is 0 Å². The normalized spacial score (nSPS) is 13.3. The topological polar surface area (TPSA) is 92.2 Å². The minimum absolute atomic E-state index is 0.212. The number of nitrogens with zero attached hydrogens (tertiary/aromatic N) is 4. The summed E-state index contributed by atoms with van der Waals surface area (Å²) in [6.07, 6.45) is 6.13. The smallest absolute Gasteiger partial charge is 0.287 e. The molecule has 0 atom stereocenters. The first-order chi connectivity index (χ1) is 13.1. The molecule has 2 aromatic heterocycles. The van der Waals surface area contributed by atoms with Crippen LogP contribution in [-0.2, 0) is 19.5 Å². The van der Waals surface area contributed by atoms with Gasteiger partial charge in [-0.15, -0.1) is 0 Å². The average molecular weight is 370 g/mol. The fraction of sp³-hybridized carbons (Fsp3) is 0.474. The highest BCUT2D eigenvalue weighted by atomic mass is 16.2. The van der Waals surface area contributed by atoms with Gasteiger partial charge in [0.05, 0.1) is 5.69 Å². The number of imidazole rings is 1. The molecule has 1 aliphatic heterocycles. The number of amides is 2. The molecule has 0 saturated carbocycles. The van der Waals surface area contributed by atoms with Crippen molar-refractivity contribution in [3.63, 3.8) is 0 Å². The molecule has 0 fully saturated rings. The zero-order valence-electron chi connectivity index (χ0n) is 15.9. The number of hydrogen-bond acceptors (Lipinski definition) is 5. The van der Waals surface area contributed by atoms with Gasteiger partial charge < -0.3 is 20.1 Å². The van der Waals surface area contributed by atoms with Crippen LogP contribution < -0.4 is 10.6 Å². The van der Waals surface area contributed by atoms with Gasteiger partial charge in [-0.3, -0.25) is 14.6 Å². The molecule has 27 heavy (non-hydrogen) atoms. The summed E-state index contributed by atoms with van der Waals surface area (Å²) >= 11 is 0. The molecule has 0 radical (unpaired) electrons. The van der Waals surface area contributed by atoms with E-state index in [2.05, 4.69) is 20.6 Å². The van der Waals surface area contributed by atoms with E-state index in [1.54, 1.807) is 12.4 Å². The number of fused-ring (bicyclic) bond motifs is 1. The highest BCUT2D eigenvalue weighted by Gasteiger charge is 2.27. The predicted molar refractivity (Wildman–Crippen MR) is 101 cm³/mol. The average Bonchev–Trinajstić information content (AvgIpc) is 3.06. The van der Waals surface area contributed by atoms with Crippen LogP contribution >= 0.6 is 0 Å². The molecule has 2 aromatic rings. The molecule has 0 aliphatic carbocycles. The Balaban J connectivity index is 1.74. The van der Waals surface area contributed by atoms with Gasteiger partial charge in [-0.25, -0.2) is 4.98 Å². The van der Waals surface area contributed by atoms with E-state index in [0.717, 1.165) is 37.1 Å². The molecular weight excluding hydrogens is 344 g/mol. The number of pyridine rings is 1. The van der Waals surface area contributed by atoms with Gasteiger partial charge in [-0.2, -0.15) is 0 Å². The Bertz CT molecular complexity index is 800. The predicted octanol–water partition coefficient (Wildman–Crippen LogP) is 0.836. The molecule has 2 amide bonds. The lowest BCUT2D eigenvalue weighted by molar-refractivity contribution is 0.0935. The quantitative estimate of drug-likeness (QED) is 0.753. The minimum Gasteiger partial charge on any atom is -0.349 e. The standard InChI is InChI=1S/C19H26N6O2/c1-24(2)12-10-21-18(26)16-15-5-3-4-11-25(15)17(23-16)19(27)22-13-14-6-8-20-9-7-14/h6-9H,3-5,10-13H2,1-2H3,(H,21,26)(H,22,27). The van der Waals surface area contributed by atoms with E-state index in [0.29, 0.717) is 31.2 Å². The van der Waals surface area contributed by atoms with Gasteiger partial charge in [0, 0.05) is 38.6 Å². The summed E-state index contributed by atoms with van der Waals surface area (Å²) in [6.45, 7) is 2.40. The van der Waals surface area contributed by atoms with Crippen molar-refractivity contribution in [2.45, 2.75) is 32.4 Å². The van der Waals surface area contributed by atoms with Gasteiger partial charge >= 0.3 is 0 Å². The van der Waals surface area contributed by atoms with E-state index < -0.39 is 0 Å². The first kappa shape index (κ1) is 19.0. The van der Waals surface area contributed by atoms with Crippen LogP contribution in [0.4, 0.5) is 0 Å². The first-order valence-electron chi connectivity index (χ1n) is 9.25. The second kappa shape index (κ2) is 8.77. The van der Waals surface area contributed by atoms with Crippen molar-refractivity contribution in [1.29, 1.82) is 0 Å². The van der Waals surface area contributed by atoms with Crippen LogP contribution in [0.25, 0.3) is 0 Å². The van der Waals surface area contributed by atoms with Gasteiger partial charge in [-0.05, 0) is 51.1 Å². The van der Waals surface area contributed by atoms with Crippen molar-refractivity contribution in [2.24, 2.45) is 0 Å². The minimum atomic E-state index is -0.262. The van der Waals surface area contributed by atoms with Gasteiger partial charge in [0.25, 0.3) is 11.8 Å². The maximum Gasteiger partial charge on any atom is 0.287 e. The van der Waals surface area contributed by atoms with E-state index in [9.17, 15) is 9.59 Å². The molecule has 0 spiro atoms. The van der Waals surface area contributed by atoms with Crippen molar-refractivity contribution >= 4 is 11.8 Å². The fourth-order valence-corrected chi connectivity index (χ4v) is 3.14. The lowest BCUT2D eigenvalue weighted by atomic mass is 10.1. The molecule has 8 nitrogen and oxygen atoms in total. The number of nitrogens with one attached hydrogen (secondary N) is 2. The van der Waals surface area contributed by atoms with E-state index in [-0.39, 0.29) is 11.8 Å². The number of rotatable bonds is 7. The van der Waals surface area contributed by atoms with Crippen molar-refractivity contribution in [1.82, 2.24) is 30.1 Å². The van der Waals surface area contributed by atoms with Gasteiger partial charge in [0.2, 0.25) is 0 Å². The largest absolute Gasteiger partial charge is 0.349 e. The lowest BCUT2D eigenvalue weighted by Gasteiger charge is -2.17. The van der Waals surface area contributed by atoms with Gasteiger partial charge in [0.15, 0.2) is 5.82 Å². The molecule has 2 N–H and O–H groups in total. The molecule has 8 heteroatoms. The number of hydrogen-bond donors (Lipinski definition) is 2. The van der Waals surface area contributed by atoms with E-state index in [1.165, 1.54) is 0 Å². The zero-order chi connectivity index (χ0) is 19.2. The molecular formula is C19H26N6O2. The Morgan fingerprint density at radius 2 is 1.93 bits per heavy atom. The van der Waals surface area contributed by atoms with E-state index in [1.807, 2.05) is 35.7 Å². The third-order valence-electron chi connectivity index (χ3n) is 4.58. The molecule has 0 saturated heterocycles. The van der Waals surface area contributed by atoms with Gasteiger partial charge in [0.1, 0.15) is 5.69 Å². The Morgan fingerprint density at radius 1 is 1.15 bits per heavy atom. The number of aromatic nitrogens is 3. The van der Waals surface area contributed by atoms with Crippen molar-refractivity contribution in [3.8, 4) is 0 Å². The van der Waals surface area contributed by atoms with Crippen LogP contribution in [0.3, 0.4) is 0 Å². The molecule has 0 bridgehead atoms. The fourth-order valence-electron chi connectivity index (χ4n) is 3.14. The summed E-state index contributed by atoms with van der Waals surface area (Å²) in [7, 11) is 3.91. The zero-order valence-corrected chi connectivity index (χ0v) is 15.9. The first-order valence-corrected chi connectivity index (χ1v) is 9.25. The van der Waals surface area contributed by atoms with Crippen molar-refractivity contribution in [3.05, 3.63) is 47.3 Å². The highest BCUT2D eigenvalue weighted by molar-refractivity contribution is 5.97. The van der Waals surface area contributed by atoms with Crippen LogP contribution in [0.15, 0.2) is 24.5 Å². The maximum atomic E-state index is 12.7. The Hall–Kier alpha value is -2.74. The molecule has 1 aliphatic rings. The SMILES string of the molecule is CN(C)CCNC(=O)c1nc(C(=O)NCc2ccncc2)n2c1CCCC2. The number of carbonyl (C=O) groups excluding carboxylic acids is 2. The molecule has 144 valence electrons. The van der Waals surface area contributed by atoms with Crippen LogP contribution in [-0.4, -0.2) is 58.4 Å². The third kappa shape index (κ3) is 4.71. The van der Waals surface area contributed by atoms with Crippen LogP contribution in [0.5, 0.6) is 0 Å². The third-order valence-corrected chi connectivity index (χ3v) is 4.58. The monoisotopic (exact) mass is 370 g/mol. The van der Waals surface area contributed by atoms with Crippen molar-refractivity contribution in [2.75, 3.05) is 27.2 Å². The summed E-state index contributed by atoms with van der Waals surface area (Å²) in [5, 5.41) is 5.78. The molecule has 0 unspecified atom stereocenters. The van der Waals surface area contributed by atoms with E-state index >= 15 is 0 Å². The number of likely N-dealkylation sites (N-methyl/N-ethyl adjacent to an activating group) is 1. The summed E-state index contributed by atoms with van der Waals surface area (Å²) in [4.78, 5) is 35.6. The maximum absolute atomic E-state index is 12.7. The molecule has 0 aromatic carbocycles.